The fourth-order valence-corrected chi connectivity index (χ4v) is 4.90. The number of carbonyl (C=O) groups excluding carboxylic acids is 3. The van der Waals surface area contributed by atoms with Crippen LogP contribution in [0.2, 0.25) is 0 Å². The zero-order valence-corrected chi connectivity index (χ0v) is 18.8. The number of carbonyl (C=O) groups is 3. The molecule has 0 aliphatic carbocycles. The maximum absolute atomic E-state index is 12.6. The number of hydrogen-bond acceptors (Lipinski definition) is 8. The summed E-state index contributed by atoms with van der Waals surface area (Å²) in [6, 6.07) is 16.2. The van der Waals surface area contributed by atoms with Crippen molar-refractivity contribution in [2.75, 3.05) is 29.6 Å². The first-order valence-electron chi connectivity index (χ1n) is 9.83. The molecule has 1 aliphatic heterocycles. The largest absolute Gasteiger partial charge is 0.497 e. The van der Waals surface area contributed by atoms with Crippen LogP contribution in [0.15, 0.2) is 58.9 Å². The number of methoxy groups -OCH3 is 1. The molecule has 2 heterocycles. The van der Waals surface area contributed by atoms with Gasteiger partial charge in [0.05, 0.1) is 18.8 Å². The van der Waals surface area contributed by atoms with Crippen LogP contribution in [0, 0.1) is 5.92 Å². The standard InChI is InChI=1S/C22H20N4O4S2/c1-30-17-9-7-14(8-10-17)18(27)13-31-22-25-24-21(32-22)23-20(29)15-11-19(28)26(12-15)16-5-3-2-4-6-16/h2-10,15H,11-13H2,1H3,(H,23,24,29)/t15-/m1/s1. The lowest BCUT2D eigenvalue weighted by molar-refractivity contribution is -0.122. The van der Waals surface area contributed by atoms with Crippen LogP contribution in [-0.4, -0.2) is 47.2 Å². The minimum Gasteiger partial charge on any atom is -0.497 e. The van der Waals surface area contributed by atoms with Crippen LogP contribution in [0.5, 0.6) is 5.75 Å². The van der Waals surface area contributed by atoms with Crippen molar-refractivity contribution >= 4 is 51.5 Å². The van der Waals surface area contributed by atoms with E-state index in [0.29, 0.717) is 27.3 Å². The number of nitrogens with zero attached hydrogens (tertiary/aromatic N) is 3. The first-order chi connectivity index (χ1) is 15.5. The second-order valence-electron chi connectivity index (χ2n) is 7.04. The molecule has 0 saturated carbocycles. The topological polar surface area (TPSA) is 101 Å². The van der Waals surface area contributed by atoms with Gasteiger partial charge in [0, 0.05) is 24.2 Å². The average Bonchev–Trinajstić information content (AvgIpc) is 3.44. The number of hydrogen-bond donors (Lipinski definition) is 1. The molecule has 0 radical (unpaired) electrons. The first kappa shape index (κ1) is 22.0. The average molecular weight is 469 g/mol. The number of rotatable bonds is 8. The number of para-hydroxylation sites is 1. The van der Waals surface area contributed by atoms with E-state index in [1.54, 1.807) is 36.3 Å². The SMILES string of the molecule is COc1ccc(C(=O)CSc2nnc(NC(=O)[C@@H]3CC(=O)N(c4ccccc4)C3)s2)cc1. The van der Waals surface area contributed by atoms with Crippen LogP contribution in [0.1, 0.15) is 16.8 Å². The molecule has 32 heavy (non-hydrogen) atoms. The maximum atomic E-state index is 12.6. The van der Waals surface area contributed by atoms with Gasteiger partial charge in [-0.2, -0.15) is 0 Å². The van der Waals surface area contributed by atoms with Crippen LogP contribution < -0.4 is 15.0 Å². The summed E-state index contributed by atoms with van der Waals surface area (Å²) in [5, 5.41) is 11.1. The zero-order chi connectivity index (χ0) is 22.5. The van der Waals surface area contributed by atoms with E-state index in [-0.39, 0.29) is 29.8 Å². The molecule has 10 heteroatoms. The highest BCUT2D eigenvalue weighted by molar-refractivity contribution is 8.01. The van der Waals surface area contributed by atoms with Gasteiger partial charge in [-0.05, 0) is 36.4 Å². The molecule has 1 atom stereocenters. The van der Waals surface area contributed by atoms with Crippen molar-refractivity contribution in [3.05, 3.63) is 60.2 Å². The fraction of sp³-hybridized carbons (Fsp3) is 0.227. The van der Waals surface area contributed by atoms with Crippen molar-refractivity contribution in [2.24, 2.45) is 5.92 Å². The number of Topliss-reactive ketones (excluding diaryl/α,β-unsaturated/α-hetero) is 1. The molecular weight excluding hydrogens is 448 g/mol. The van der Waals surface area contributed by atoms with Crippen molar-refractivity contribution in [1.29, 1.82) is 0 Å². The number of thioether (sulfide) groups is 1. The summed E-state index contributed by atoms with van der Waals surface area (Å²) < 4.78 is 5.67. The lowest BCUT2D eigenvalue weighted by atomic mass is 10.1. The van der Waals surface area contributed by atoms with Gasteiger partial charge in [-0.1, -0.05) is 41.3 Å². The second-order valence-corrected chi connectivity index (χ2v) is 9.24. The predicted molar refractivity (Wildman–Crippen MR) is 123 cm³/mol. The molecule has 1 fully saturated rings. The second kappa shape index (κ2) is 9.92. The van der Waals surface area contributed by atoms with E-state index < -0.39 is 5.92 Å². The van der Waals surface area contributed by atoms with E-state index in [4.69, 9.17) is 4.74 Å². The molecule has 2 aromatic carbocycles. The normalized spacial score (nSPS) is 15.6. The highest BCUT2D eigenvalue weighted by Crippen LogP contribution is 2.29. The molecule has 164 valence electrons. The Hall–Kier alpha value is -3.24. The predicted octanol–water partition coefficient (Wildman–Crippen LogP) is 3.51. The van der Waals surface area contributed by atoms with Gasteiger partial charge in [0.25, 0.3) is 0 Å². The van der Waals surface area contributed by atoms with Gasteiger partial charge in [-0.15, -0.1) is 10.2 Å². The zero-order valence-electron chi connectivity index (χ0n) is 17.2. The van der Waals surface area contributed by atoms with Crippen molar-refractivity contribution in [3.63, 3.8) is 0 Å². The molecule has 4 rings (SSSR count). The summed E-state index contributed by atoms with van der Waals surface area (Å²) in [4.78, 5) is 38.9. The summed E-state index contributed by atoms with van der Waals surface area (Å²) in [6.07, 6.45) is 0.150. The smallest absolute Gasteiger partial charge is 0.231 e. The Labute approximate surface area is 193 Å². The molecule has 1 saturated heterocycles. The number of anilines is 2. The van der Waals surface area contributed by atoms with Gasteiger partial charge in [0.2, 0.25) is 16.9 Å². The number of amides is 2. The number of benzene rings is 2. The molecule has 0 spiro atoms. The van der Waals surface area contributed by atoms with E-state index in [9.17, 15) is 14.4 Å². The van der Waals surface area contributed by atoms with Crippen LogP contribution >= 0.6 is 23.1 Å². The molecule has 8 nitrogen and oxygen atoms in total. The first-order valence-corrected chi connectivity index (χ1v) is 11.6. The van der Waals surface area contributed by atoms with Crippen LogP contribution in [0.3, 0.4) is 0 Å². The minimum atomic E-state index is -0.459. The summed E-state index contributed by atoms with van der Waals surface area (Å²) in [5.41, 5.74) is 1.37. The molecule has 1 N–H and O–H groups in total. The van der Waals surface area contributed by atoms with Gasteiger partial charge in [0.15, 0.2) is 10.1 Å². The molecular formula is C22H20N4O4S2. The van der Waals surface area contributed by atoms with Gasteiger partial charge < -0.3 is 15.0 Å². The molecule has 0 unspecified atom stereocenters. The van der Waals surface area contributed by atoms with E-state index in [1.807, 2.05) is 30.3 Å². The summed E-state index contributed by atoms with van der Waals surface area (Å²) in [6.45, 7) is 0.325. The number of aromatic nitrogens is 2. The van der Waals surface area contributed by atoms with E-state index in [2.05, 4.69) is 15.5 Å². The lowest BCUT2D eigenvalue weighted by Crippen LogP contribution is -2.28. The Kier molecular flexibility index (Phi) is 6.81. The van der Waals surface area contributed by atoms with E-state index in [0.717, 1.165) is 5.69 Å². The summed E-state index contributed by atoms with van der Waals surface area (Å²) >= 11 is 2.46. The molecule has 0 bridgehead atoms. The third-order valence-electron chi connectivity index (χ3n) is 4.94. The van der Waals surface area contributed by atoms with E-state index >= 15 is 0 Å². The van der Waals surface area contributed by atoms with Gasteiger partial charge in [0.1, 0.15) is 5.75 Å². The maximum Gasteiger partial charge on any atom is 0.231 e. The Morgan fingerprint density at radius 3 is 2.62 bits per heavy atom. The number of ketones is 1. The molecule has 2 amide bonds. The molecule has 3 aromatic rings. The van der Waals surface area contributed by atoms with Crippen molar-refractivity contribution in [2.45, 2.75) is 10.8 Å². The van der Waals surface area contributed by atoms with Crippen LogP contribution in [-0.2, 0) is 9.59 Å². The quantitative estimate of drug-likeness (QED) is 0.307. The van der Waals surface area contributed by atoms with Crippen molar-refractivity contribution in [3.8, 4) is 5.75 Å². The number of ether oxygens (including phenoxy) is 1. The minimum absolute atomic E-state index is 0.0380. The van der Waals surface area contributed by atoms with Crippen molar-refractivity contribution in [1.82, 2.24) is 10.2 Å². The Bertz CT molecular complexity index is 1120. The Morgan fingerprint density at radius 2 is 1.91 bits per heavy atom. The van der Waals surface area contributed by atoms with E-state index in [1.165, 1.54) is 23.1 Å². The monoisotopic (exact) mass is 468 g/mol. The van der Waals surface area contributed by atoms with Crippen LogP contribution in [0.25, 0.3) is 0 Å². The highest BCUT2D eigenvalue weighted by Gasteiger charge is 2.35. The van der Waals surface area contributed by atoms with Crippen molar-refractivity contribution < 1.29 is 19.1 Å². The van der Waals surface area contributed by atoms with Gasteiger partial charge in [-0.25, -0.2) is 0 Å². The Morgan fingerprint density at radius 1 is 1.16 bits per heavy atom. The fourth-order valence-electron chi connectivity index (χ4n) is 3.25. The summed E-state index contributed by atoms with van der Waals surface area (Å²) in [7, 11) is 1.57. The summed E-state index contributed by atoms with van der Waals surface area (Å²) in [5.74, 6) is 0.0523. The van der Waals surface area contributed by atoms with Crippen LogP contribution in [0.4, 0.5) is 10.8 Å². The Balaban J connectivity index is 1.29. The van der Waals surface area contributed by atoms with Gasteiger partial charge >= 0.3 is 0 Å². The third-order valence-corrected chi connectivity index (χ3v) is 6.91. The molecule has 1 aromatic heterocycles. The molecule has 1 aliphatic rings. The van der Waals surface area contributed by atoms with Gasteiger partial charge in [-0.3, -0.25) is 14.4 Å². The lowest BCUT2D eigenvalue weighted by Gasteiger charge is -2.16. The highest BCUT2D eigenvalue weighted by atomic mass is 32.2. The third kappa shape index (κ3) is 5.14. The number of nitrogens with one attached hydrogen (secondary N) is 1.